The van der Waals surface area contributed by atoms with Crippen LogP contribution in [0.25, 0.3) is 291 Å². The lowest BCUT2D eigenvalue weighted by molar-refractivity contribution is 0.660. The number of furan rings is 1. The summed E-state index contributed by atoms with van der Waals surface area (Å²) in [4.78, 5) is 32.7. The summed E-state index contributed by atoms with van der Waals surface area (Å²) >= 11 is 0. The zero-order valence-corrected chi connectivity index (χ0v) is 81.2. The van der Waals surface area contributed by atoms with Crippen molar-refractivity contribution in [1.29, 1.82) is 0 Å². The molecule has 0 atom stereocenters. The fraction of sp³-hybridized carbons (Fsp3) is 0.0435. The number of para-hydroxylation sites is 4. The van der Waals surface area contributed by atoms with Gasteiger partial charge in [-0.05, 0) is 193 Å². The number of rotatable bonds is 6. The zero-order chi connectivity index (χ0) is 97.6. The van der Waals surface area contributed by atoms with Crippen molar-refractivity contribution in [3.8, 4) is 73.9 Å². The summed E-state index contributed by atoms with van der Waals surface area (Å²) in [6.07, 6.45) is 0. The maximum atomic E-state index is 6.19. The lowest BCUT2D eigenvalue weighted by Crippen LogP contribution is -2.15. The topological polar surface area (TPSA) is 105 Å². The summed E-state index contributed by atoms with van der Waals surface area (Å²) in [6.45, 7) is 9.34. The van der Waals surface area contributed by atoms with E-state index in [0.717, 1.165) is 122 Å². The van der Waals surface area contributed by atoms with E-state index in [2.05, 4.69) is 484 Å². The molecule has 2 aliphatic rings. The summed E-state index contributed by atoms with van der Waals surface area (Å²) in [5, 5.41) is 34.5. The first-order valence-electron chi connectivity index (χ1n) is 51.0. The molecule has 0 unspecified atom stereocenters. The average Bonchev–Trinajstić information content (AvgIpc) is 1.55. The quantitative estimate of drug-likeness (QED) is 0.153. The maximum absolute atomic E-state index is 6.19. The van der Waals surface area contributed by atoms with Gasteiger partial charge in [-0.3, -0.25) is 13.7 Å². The molecule has 0 radical (unpaired) electrons. The SMILES string of the molecule is CC1(C)c2ccccc2-c2ccc(-c3nc(-n4c5cc6ccccc6cc5c5c6ccccc6c6ccccc6c54)nc4ccccc34)cc21.CC1(C)c2ccccc2-c2ccc(-c3nc(-n4c5ccc6ccccc6c5c5c6ccccc6c6ccccc6c54)nc4ccccc34)cc21.c1ccc2c(c1)ccc1c3c4ccccc4c4ccccc4c3n(-c3nc(-c4ccc5oc6ccccc6c5c4)c4ccccc4n3)c21. The van der Waals surface area contributed by atoms with Gasteiger partial charge in [0.25, 0.3) is 0 Å². The van der Waals surface area contributed by atoms with Crippen molar-refractivity contribution in [2.75, 3.05) is 0 Å². The summed E-state index contributed by atoms with van der Waals surface area (Å²) in [5.74, 6) is 2.01. The predicted molar refractivity (Wildman–Crippen MR) is 618 cm³/mol. The minimum Gasteiger partial charge on any atom is -0.456 e. The van der Waals surface area contributed by atoms with Gasteiger partial charge in [0.1, 0.15) is 11.2 Å². The molecule has 0 amide bonds. The van der Waals surface area contributed by atoms with Crippen LogP contribution in [-0.4, -0.2) is 43.6 Å². The zero-order valence-electron chi connectivity index (χ0n) is 81.2. The van der Waals surface area contributed by atoms with E-state index in [1.165, 1.54) is 174 Å². The highest BCUT2D eigenvalue weighted by Crippen LogP contribution is 2.55. The Hall–Kier alpha value is -19.2. The Kier molecular flexibility index (Phi) is 17.9. The molecule has 10 heteroatoms. The Labute approximate surface area is 848 Å². The van der Waals surface area contributed by atoms with Crippen molar-refractivity contribution in [3.63, 3.8) is 0 Å². The Bertz CT molecular complexity index is 11100. The Balaban J connectivity index is 0.000000100. The summed E-state index contributed by atoms with van der Waals surface area (Å²) in [6, 6.07) is 164. The van der Waals surface area contributed by atoms with Crippen LogP contribution < -0.4 is 0 Å². The van der Waals surface area contributed by atoms with Crippen molar-refractivity contribution >= 4 is 217 Å². The second kappa shape index (κ2) is 31.7. The Morgan fingerprint density at radius 2 is 0.520 bits per heavy atom. The van der Waals surface area contributed by atoms with Crippen LogP contribution in [0.2, 0.25) is 0 Å². The molecule has 7 heterocycles. The minimum atomic E-state index is -0.110. The minimum absolute atomic E-state index is 0.110. The molecular weight excluding hydrogens is 1800 g/mol. The number of benzene rings is 24. The maximum Gasteiger partial charge on any atom is 0.235 e. The van der Waals surface area contributed by atoms with Gasteiger partial charge in [-0.1, -0.05) is 410 Å². The van der Waals surface area contributed by atoms with Crippen molar-refractivity contribution in [1.82, 2.24) is 43.6 Å². The first kappa shape index (κ1) is 83.5. The Morgan fingerprint density at radius 1 is 0.182 bits per heavy atom. The fourth-order valence-corrected chi connectivity index (χ4v) is 25.6. The monoisotopic (exact) mass is 1890 g/mol. The molecular formula is C138H87N9O. The molecule has 33 rings (SSSR count). The third-order valence-corrected chi connectivity index (χ3v) is 32.3. The molecule has 0 aliphatic heterocycles. The number of nitrogens with zero attached hydrogens (tertiary/aromatic N) is 9. The highest BCUT2D eigenvalue weighted by Gasteiger charge is 2.39. The van der Waals surface area contributed by atoms with Crippen LogP contribution in [0.4, 0.5) is 0 Å². The number of hydrogen-bond acceptors (Lipinski definition) is 7. The molecule has 148 heavy (non-hydrogen) atoms. The van der Waals surface area contributed by atoms with Crippen molar-refractivity contribution < 1.29 is 4.42 Å². The van der Waals surface area contributed by atoms with Gasteiger partial charge in [-0.2, -0.15) is 0 Å². The standard InChI is InChI=1S/2C47H31N3.C44H25N3O/c1-47(2)38-21-11-9-17-33(38)34-25-23-29(27-39(34)47)44-37-20-10-12-22-40(37)48-46(49-44)50-41-26-24-28-13-3-4-14-30(28)42(41)43-35-18-7-5-15-31(35)32-16-6-8-19-36(32)45(43)50;1-47(2)39-21-11-9-17-33(39)34-24-23-30(26-40(34)47)44-37-20-10-12-22-41(37)48-46(49-44)50-42-27-29-14-4-3-13-28(29)25-38(42)43-35-18-7-5-15-31(35)32-16-6-8-19-36(32)45(43)50;1-2-12-28-26(11-1)21-23-35-40-32-16-5-3-13-29(32)30-14-4-6-17-33(30)43(40)47(42(28)35)44-45-37-19-9-7-18-34(37)41(46-44)27-22-24-39-36(25-27)31-15-8-10-20-38(31)48-39/h2*3-27H,1-2H3;1-25H. The molecule has 0 spiro atoms. The smallest absolute Gasteiger partial charge is 0.235 e. The van der Waals surface area contributed by atoms with Gasteiger partial charge in [0, 0.05) is 108 Å². The summed E-state index contributed by atoms with van der Waals surface area (Å²) in [7, 11) is 0. The summed E-state index contributed by atoms with van der Waals surface area (Å²) in [5.41, 5.74) is 27.7. The van der Waals surface area contributed by atoms with Crippen molar-refractivity contribution in [2.45, 2.75) is 38.5 Å². The molecule has 0 fully saturated rings. The molecule has 31 aromatic rings. The highest BCUT2D eigenvalue weighted by atomic mass is 16.3. The fourth-order valence-electron chi connectivity index (χ4n) is 25.6. The number of hydrogen-bond donors (Lipinski definition) is 0. The predicted octanol–water partition coefficient (Wildman–Crippen LogP) is 36.1. The van der Waals surface area contributed by atoms with E-state index in [4.69, 9.17) is 34.3 Å². The van der Waals surface area contributed by atoms with Gasteiger partial charge in [0.2, 0.25) is 17.8 Å². The van der Waals surface area contributed by atoms with Crippen LogP contribution >= 0.6 is 0 Å². The van der Waals surface area contributed by atoms with E-state index in [0.29, 0.717) is 17.8 Å². The van der Waals surface area contributed by atoms with Crippen LogP contribution in [-0.2, 0) is 10.8 Å². The highest BCUT2D eigenvalue weighted by molar-refractivity contribution is 6.38. The second-order valence-corrected chi connectivity index (χ2v) is 40.9. The molecule has 690 valence electrons. The summed E-state index contributed by atoms with van der Waals surface area (Å²) < 4.78 is 13.2. The van der Waals surface area contributed by atoms with Crippen LogP contribution in [0.1, 0.15) is 49.9 Å². The lowest BCUT2D eigenvalue weighted by Gasteiger charge is -2.22. The molecule has 0 saturated carbocycles. The van der Waals surface area contributed by atoms with Crippen LogP contribution in [0.5, 0.6) is 0 Å². The van der Waals surface area contributed by atoms with Gasteiger partial charge in [-0.25, -0.2) is 29.9 Å². The third kappa shape index (κ3) is 12.1. The van der Waals surface area contributed by atoms with E-state index in [1.807, 2.05) is 12.1 Å². The molecule has 10 nitrogen and oxygen atoms in total. The first-order chi connectivity index (χ1) is 72.9. The molecule has 0 N–H and O–H groups in total. The van der Waals surface area contributed by atoms with Gasteiger partial charge >= 0.3 is 0 Å². The van der Waals surface area contributed by atoms with Crippen LogP contribution in [0.15, 0.2) is 459 Å². The van der Waals surface area contributed by atoms with Gasteiger partial charge in [0.05, 0.1) is 66.7 Å². The van der Waals surface area contributed by atoms with Gasteiger partial charge in [0.15, 0.2) is 0 Å². The largest absolute Gasteiger partial charge is 0.456 e. The number of fused-ring (bicyclic) bond motifs is 41. The van der Waals surface area contributed by atoms with E-state index in [-0.39, 0.29) is 10.8 Å². The van der Waals surface area contributed by atoms with E-state index < -0.39 is 0 Å². The number of aromatic nitrogens is 9. The molecule has 2 aliphatic carbocycles. The van der Waals surface area contributed by atoms with E-state index >= 15 is 0 Å². The van der Waals surface area contributed by atoms with Crippen molar-refractivity contribution in [3.05, 3.63) is 477 Å². The second-order valence-electron chi connectivity index (χ2n) is 40.9. The average molecular weight is 1890 g/mol. The first-order valence-corrected chi connectivity index (χ1v) is 51.0. The van der Waals surface area contributed by atoms with E-state index in [9.17, 15) is 0 Å². The third-order valence-electron chi connectivity index (χ3n) is 32.3. The van der Waals surface area contributed by atoms with Crippen molar-refractivity contribution in [2.24, 2.45) is 0 Å². The molecule has 0 saturated heterocycles. The lowest BCUT2D eigenvalue weighted by atomic mass is 9.82. The molecule has 24 aromatic carbocycles. The Morgan fingerprint density at radius 3 is 1.03 bits per heavy atom. The van der Waals surface area contributed by atoms with Gasteiger partial charge in [-0.15, -0.1) is 0 Å². The van der Waals surface area contributed by atoms with Crippen LogP contribution in [0, 0.1) is 0 Å². The van der Waals surface area contributed by atoms with Gasteiger partial charge < -0.3 is 4.42 Å². The molecule has 0 bridgehead atoms. The normalized spacial score (nSPS) is 13.1. The van der Waals surface area contributed by atoms with Crippen LogP contribution in [0.3, 0.4) is 0 Å². The van der Waals surface area contributed by atoms with E-state index in [1.54, 1.807) is 0 Å². The molecule has 7 aromatic heterocycles.